The van der Waals surface area contributed by atoms with Gasteiger partial charge in [0, 0.05) is 17.8 Å². The van der Waals surface area contributed by atoms with Gasteiger partial charge in [-0.1, -0.05) is 0 Å². The lowest BCUT2D eigenvalue weighted by atomic mass is 10.2. The first-order valence-electron chi connectivity index (χ1n) is 5.16. The van der Waals surface area contributed by atoms with Crippen LogP contribution in [-0.4, -0.2) is 15.7 Å². The molecule has 0 saturated carbocycles. The molecule has 2 rings (SSSR count). The van der Waals surface area contributed by atoms with Crippen molar-refractivity contribution in [2.75, 3.05) is 5.32 Å². The van der Waals surface area contributed by atoms with Crippen LogP contribution in [-0.2, 0) is 6.54 Å². The molecule has 0 unspecified atom stereocenters. The monoisotopic (exact) mass is 244 g/mol. The largest absolute Gasteiger partial charge is 0.305 e. The minimum absolute atomic E-state index is 0.117. The van der Waals surface area contributed by atoms with Crippen molar-refractivity contribution in [1.29, 1.82) is 5.26 Å². The van der Waals surface area contributed by atoms with Crippen molar-refractivity contribution in [1.82, 2.24) is 9.78 Å². The number of carbonyl (C=O) groups is 1. The molecule has 1 amide bonds. The zero-order valence-corrected chi connectivity index (χ0v) is 9.30. The quantitative estimate of drug-likeness (QED) is 0.894. The second kappa shape index (κ2) is 5.10. The van der Waals surface area contributed by atoms with Crippen LogP contribution in [0.25, 0.3) is 0 Å². The molecule has 0 aliphatic rings. The molecule has 90 valence electrons. The van der Waals surface area contributed by atoms with E-state index in [1.54, 1.807) is 12.3 Å². The first kappa shape index (κ1) is 11.8. The highest BCUT2D eigenvalue weighted by Gasteiger charge is 2.07. The van der Waals surface area contributed by atoms with Crippen LogP contribution in [0.5, 0.6) is 0 Å². The fraction of sp³-hybridized carbons (Fsp3) is 0.0833. The lowest BCUT2D eigenvalue weighted by molar-refractivity contribution is 0.102. The summed E-state index contributed by atoms with van der Waals surface area (Å²) in [6.07, 6.45) is 1.59. The van der Waals surface area contributed by atoms with E-state index in [1.807, 2.05) is 6.07 Å². The van der Waals surface area contributed by atoms with E-state index in [2.05, 4.69) is 10.4 Å². The molecule has 1 N–H and O–H groups in total. The Bertz CT molecular complexity index is 597. The van der Waals surface area contributed by atoms with Crippen molar-refractivity contribution in [3.05, 3.63) is 47.9 Å². The average molecular weight is 244 g/mol. The summed E-state index contributed by atoms with van der Waals surface area (Å²) in [5.41, 5.74) is 0.339. The molecule has 0 bridgehead atoms. The Labute approximate surface area is 102 Å². The van der Waals surface area contributed by atoms with E-state index in [1.165, 1.54) is 28.9 Å². The van der Waals surface area contributed by atoms with Crippen molar-refractivity contribution in [3.8, 4) is 6.07 Å². The molecule has 0 saturated heterocycles. The highest BCUT2D eigenvalue weighted by atomic mass is 19.1. The van der Waals surface area contributed by atoms with Crippen LogP contribution in [0.4, 0.5) is 10.2 Å². The van der Waals surface area contributed by atoms with Crippen molar-refractivity contribution < 1.29 is 9.18 Å². The number of nitriles is 1. The van der Waals surface area contributed by atoms with Gasteiger partial charge < -0.3 is 5.32 Å². The van der Waals surface area contributed by atoms with Crippen molar-refractivity contribution >= 4 is 11.7 Å². The molecular formula is C12H9FN4O. The van der Waals surface area contributed by atoms with Crippen LogP contribution in [0.3, 0.4) is 0 Å². The van der Waals surface area contributed by atoms with Gasteiger partial charge in [0.2, 0.25) is 0 Å². The van der Waals surface area contributed by atoms with Gasteiger partial charge >= 0.3 is 0 Å². The average Bonchev–Trinajstić information content (AvgIpc) is 2.78. The molecule has 18 heavy (non-hydrogen) atoms. The molecule has 1 aromatic heterocycles. The summed E-state index contributed by atoms with van der Waals surface area (Å²) in [7, 11) is 0. The van der Waals surface area contributed by atoms with Gasteiger partial charge in [0.05, 0.1) is 6.07 Å². The molecule has 6 heteroatoms. The van der Waals surface area contributed by atoms with Gasteiger partial charge in [0.15, 0.2) is 5.82 Å². The summed E-state index contributed by atoms with van der Waals surface area (Å²) in [6, 6.07) is 8.71. The van der Waals surface area contributed by atoms with Crippen molar-refractivity contribution in [3.63, 3.8) is 0 Å². The maximum atomic E-state index is 12.7. The van der Waals surface area contributed by atoms with Gasteiger partial charge in [-0.3, -0.25) is 9.48 Å². The summed E-state index contributed by atoms with van der Waals surface area (Å²) in [6.45, 7) is 0.117. The minimum Gasteiger partial charge on any atom is -0.305 e. The Morgan fingerprint density at radius 1 is 1.39 bits per heavy atom. The molecule has 5 nitrogen and oxygen atoms in total. The molecule has 2 aromatic rings. The number of hydrogen-bond acceptors (Lipinski definition) is 3. The third-order valence-corrected chi connectivity index (χ3v) is 2.22. The second-order valence-corrected chi connectivity index (χ2v) is 3.52. The fourth-order valence-electron chi connectivity index (χ4n) is 1.38. The van der Waals surface area contributed by atoms with Gasteiger partial charge in [-0.15, -0.1) is 0 Å². The number of rotatable bonds is 3. The fourth-order valence-corrected chi connectivity index (χ4v) is 1.38. The van der Waals surface area contributed by atoms with Crippen LogP contribution in [0.2, 0.25) is 0 Å². The number of nitrogens with zero attached hydrogens (tertiary/aromatic N) is 3. The van der Waals surface area contributed by atoms with Gasteiger partial charge in [0.25, 0.3) is 5.91 Å². The van der Waals surface area contributed by atoms with Gasteiger partial charge in [0.1, 0.15) is 12.4 Å². The number of hydrogen-bond donors (Lipinski definition) is 1. The maximum Gasteiger partial charge on any atom is 0.256 e. The zero-order valence-electron chi connectivity index (χ0n) is 9.30. The summed E-state index contributed by atoms with van der Waals surface area (Å²) in [4.78, 5) is 11.7. The summed E-state index contributed by atoms with van der Waals surface area (Å²) in [5.74, 6) is -0.429. The molecular weight excluding hydrogens is 235 g/mol. The Balaban J connectivity index is 2.06. The molecule has 0 spiro atoms. The van der Waals surface area contributed by atoms with E-state index in [-0.39, 0.29) is 12.5 Å². The van der Waals surface area contributed by atoms with E-state index in [0.29, 0.717) is 11.4 Å². The number of aromatic nitrogens is 2. The third kappa shape index (κ3) is 2.71. The van der Waals surface area contributed by atoms with E-state index in [4.69, 9.17) is 5.26 Å². The summed E-state index contributed by atoms with van der Waals surface area (Å²) >= 11 is 0. The number of nitrogens with one attached hydrogen (secondary N) is 1. The minimum atomic E-state index is -0.398. The van der Waals surface area contributed by atoms with Gasteiger partial charge in [-0.25, -0.2) is 4.39 Å². The van der Waals surface area contributed by atoms with Gasteiger partial charge in [-0.05, 0) is 24.3 Å². The highest BCUT2D eigenvalue weighted by Crippen LogP contribution is 2.07. The van der Waals surface area contributed by atoms with Crippen molar-refractivity contribution in [2.24, 2.45) is 0 Å². The Hall–Kier alpha value is -2.68. The number of anilines is 1. The molecule has 0 radical (unpaired) electrons. The first-order chi connectivity index (χ1) is 8.69. The topological polar surface area (TPSA) is 70.7 Å². The zero-order chi connectivity index (χ0) is 13.0. The number of amides is 1. The Kier molecular flexibility index (Phi) is 3.34. The number of benzene rings is 1. The van der Waals surface area contributed by atoms with Crippen LogP contribution in [0.15, 0.2) is 36.5 Å². The summed E-state index contributed by atoms with van der Waals surface area (Å²) in [5, 5.41) is 15.0. The van der Waals surface area contributed by atoms with Crippen LogP contribution < -0.4 is 5.32 Å². The molecule has 0 aliphatic carbocycles. The highest BCUT2D eigenvalue weighted by molar-refractivity contribution is 6.03. The van der Waals surface area contributed by atoms with Crippen LogP contribution in [0.1, 0.15) is 10.4 Å². The Morgan fingerprint density at radius 3 is 2.78 bits per heavy atom. The van der Waals surface area contributed by atoms with E-state index < -0.39 is 5.82 Å². The molecule has 0 atom stereocenters. The molecule has 1 aromatic carbocycles. The lowest BCUT2D eigenvalue weighted by Crippen LogP contribution is -2.12. The summed E-state index contributed by atoms with van der Waals surface area (Å²) < 4.78 is 14.1. The number of carbonyl (C=O) groups excluding carboxylic acids is 1. The van der Waals surface area contributed by atoms with Crippen LogP contribution in [0, 0.1) is 17.1 Å². The van der Waals surface area contributed by atoms with E-state index >= 15 is 0 Å². The van der Waals surface area contributed by atoms with Gasteiger partial charge in [-0.2, -0.15) is 10.4 Å². The Morgan fingerprint density at radius 2 is 2.11 bits per heavy atom. The van der Waals surface area contributed by atoms with Crippen molar-refractivity contribution in [2.45, 2.75) is 6.54 Å². The van der Waals surface area contributed by atoms with Crippen LogP contribution >= 0.6 is 0 Å². The smallest absolute Gasteiger partial charge is 0.256 e. The number of halogens is 1. The molecule has 1 heterocycles. The third-order valence-electron chi connectivity index (χ3n) is 2.22. The second-order valence-electron chi connectivity index (χ2n) is 3.52. The predicted octanol–water partition coefficient (Wildman–Crippen LogP) is 1.80. The molecule has 0 fully saturated rings. The first-order valence-corrected chi connectivity index (χ1v) is 5.16. The lowest BCUT2D eigenvalue weighted by Gasteiger charge is -2.01. The van der Waals surface area contributed by atoms with E-state index in [0.717, 1.165) is 0 Å². The SMILES string of the molecule is N#CCn1ccc(NC(=O)c2ccc(F)cc2)n1. The molecule has 0 aliphatic heterocycles. The van der Waals surface area contributed by atoms with E-state index in [9.17, 15) is 9.18 Å². The maximum absolute atomic E-state index is 12.7. The predicted molar refractivity (Wildman–Crippen MR) is 62.2 cm³/mol. The standard InChI is InChI=1S/C12H9FN4O/c13-10-3-1-9(2-4-10)12(18)15-11-5-7-17(16-11)8-6-14/h1-5,7H,8H2,(H,15,16,18). The normalized spacial score (nSPS) is 9.78.